The lowest BCUT2D eigenvalue weighted by Gasteiger charge is -2.14. The first-order chi connectivity index (χ1) is 15.0. The van der Waals surface area contributed by atoms with Gasteiger partial charge in [-0.1, -0.05) is 30.3 Å². The van der Waals surface area contributed by atoms with Crippen LogP contribution in [0.2, 0.25) is 5.15 Å². The fraction of sp³-hybridized carbons (Fsp3) is 0.190. The minimum atomic E-state index is -0.450. The van der Waals surface area contributed by atoms with E-state index in [0.717, 1.165) is 0 Å². The Morgan fingerprint density at radius 3 is 2.68 bits per heavy atom. The molecule has 10 heteroatoms. The normalized spacial score (nSPS) is 11.3. The molecule has 1 heterocycles. The molecule has 0 atom stereocenters. The number of aliphatic hydroxyl groups is 1. The van der Waals surface area contributed by atoms with E-state index in [4.69, 9.17) is 27.2 Å². The number of aliphatic hydroxyl groups excluding tert-OH is 1. The van der Waals surface area contributed by atoms with Gasteiger partial charge < -0.3 is 31.5 Å². The molecule has 1 aromatic heterocycles. The van der Waals surface area contributed by atoms with E-state index >= 15 is 0 Å². The van der Waals surface area contributed by atoms with E-state index in [1.165, 1.54) is 6.20 Å². The zero-order chi connectivity index (χ0) is 22.6. The molecule has 0 bridgehead atoms. The lowest BCUT2D eigenvalue weighted by molar-refractivity contribution is 0.254. The first-order valence-electron chi connectivity index (χ1n) is 9.46. The third-order valence-electron chi connectivity index (χ3n) is 3.77. The Morgan fingerprint density at radius 2 is 2.06 bits per heavy atom. The third kappa shape index (κ3) is 7.02. The van der Waals surface area contributed by atoms with Gasteiger partial charge >= 0.3 is 6.03 Å². The fourth-order valence-electron chi connectivity index (χ4n) is 2.43. The molecule has 0 saturated heterocycles. The van der Waals surface area contributed by atoms with Crippen LogP contribution in [-0.4, -0.2) is 40.9 Å². The second-order valence-electron chi connectivity index (χ2n) is 5.97. The van der Waals surface area contributed by atoms with Gasteiger partial charge in [-0.05, 0) is 37.3 Å². The molecule has 1 aromatic carbocycles. The van der Waals surface area contributed by atoms with E-state index in [1.54, 1.807) is 42.5 Å². The highest BCUT2D eigenvalue weighted by Crippen LogP contribution is 2.32. The third-order valence-corrected chi connectivity index (χ3v) is 4.02. The van der Waals surface area contributed by atoms with Gasteiger partial charge in [-0.3, -0.25) is 0 Å². The first kappa shape index (κ1) is 23.7. The number of carbonyl (C=O) groups is 1. The maximum Gasteiger partial charge on any atom is 0.323 e. The molecule has 9 nitrogen and oxygen atoms in total. The molecule has 164 valence electrons. The Balaban J connectivity index is 2.17. The van der Waals surface area contributed by atoms with E-state index in [2.05, 4.69) is 32.5 Å². The molecule has 2 aromatic rings. The zero-order valence-electron chi connectivity index (χ0n) is 17.1. The van der Waals surface area contributed by atoms with E-state index < -0.39 is 6.03 Å². The van der Waals surface area contributed by atoms with Crippen molar-refractivity contribution in [3.8, 4) is 17.1 Å². The van der Waals surface area contributed by atoms with Crippen molar-refractivity contribution in [2.24, 2.45) is 5.73 Å². The van der Waals surface area contributed by atoms with Gasteiger partial charge in [0.05, 0.1) is 18.9 Å². The topological polar surface area (TPSA) is 134 Å². The monoisotopic (exact) mass is 444 g/mol. The predicted octanol–water partition coefficient (Wildman–Crippen LogP) is 3.26. The smallest absolute Gasteiger partial charge is 0.323 e. The molecule has 2 rings (SSSR count). The van der Waals surface area contributed by atoms with E-state index in [1.807, 2.05) is 6.92 Å². The molecule has 31 heavy (non-hydrogen) atoms. The Labute approximate surface area is 185 Å². The number of carbonyl (C=O) groups excluding carboxylic acids is 1. The lowest BCUT2D eigenvalue weighted by Crippen LogP contribution is -2.28. The largest absolute Gasteiger partial charge is 0.487 e. The van der Waals surface area contributed by atoms with E-state index in [9.17, 15) is 4.79 Å². The van der Waals surface area contributed by atoms with Gasteiger partial charge in [0.15, 0.2) is 22.5 Å². The number of allylic oxidation sites excluding steroid dienone is 3. The van der Waals surface area contributed by atoms with Crippen molar-refractivity contribution in [2.45, 2.75) is 6.92 Å². The predicted molar refractivity (Wildman–Crippen MR) is 123 cm³/mol. The summed E-state index contributed by atoms with van der Waals surface area (Å²) < 4.78 is 5.50. The van der Waals surface area contributed by atoms with Crippen molar-refractivity contribution >= 4 is 29.1 Å². The number of halogens is 1. The van der Waals surface area contributed by atoms with Crippen LogP contribution >= 0.6 is 11.6 Å². The Kier molecular flexibility index (Phi) is 9.34. The second-order valence-corrected chi connectivity index (χ2v) is 6.33. The molecule has 2 amide bonds. The van der Waals surface area contributed by atoms with Crippen LogP contribution in [-0.2, 0) is 0 Å². The first-order valence-corrected chi connectivity index (χ1v) is 9.84. The summed E-state index contributed by atoms with van der Waals surface area (Å²) in [4.78, 5) is 20.9. The summed E-state index contributed by atoms with van der Waals surface area (Å²) in [5.41, 5.74) is 7.14. The number of benzene rings is 1. The van der Waals surface area contributed by atoms with Gasteiger partial charge in [0.2, 0.25) is 0 Å². The average molecular weight is 445 g/mol. The van der Waals surface area contributed by atoms with Gasteiger partial charge in [-0.15, -0.1) is 0 Å². The Bertz CT molecular complexity index is 960. The van der Waals surface area contributed by atoms with Crippen LogP contribution in [0.3, 0.4) is 0 Å². The standard InChI is InChI=1S/C21H25ClN6O3/c1-3-5-6-16(13-23)26-21(30)25-15-9-7-14(8-10-15)19-27-18(22)17(31-4-2)20(28-19)24-11-12-29/h3,5-10,13,29H,1,4,11-12,23H2,2H3,(H,24,27,28)(H2,25,26,30)/b6-5-,16-13+. The molecule has 0 spiro atoms. The number of urea groups is 1. The molecule has 0 aliphatic heterocycles. The maximum atomic E-state index is 12.1. The van der Waals surface area contributed by atoms with Crippen molar-refractivity contribution in [1.82, 2.24) is 15.3 Å². The number of rotatable bonds is 10. The number of hydrogen-bond acceptors (Lipinski definition) is 7. The van der Waals surface area contributed by atoms with Crippen LogP contribution in [0.4, 0.5) is 16.3 Å². The van der Waals surface area contributed by atoms with Gasteiger partial charge in [0.1, 0.15) is 0 Å². The van der Waals surface area contributed by atoms with E-state index in [-0.39, 0.29) is 18.3 Å². The lowest BCUT2D eigenvalue weighted by atomic mass is 10.2. The SMILES string of the molecule is C=C/C=C\C(=C/N)NC(=O)Nc1ccc(-c2nc(Cl)c(OCC)c(NCCO)n2)cc1. The molecule has 0 saturated carbocycles. The quantitative estimate of drug-likeness (QED) is 0.280. The summed E-state index contributed by atoms with van der Waals surface area (Å²) in [7, 11) is 0. The minimum absolute atomic E-state index is 0.0740. The van der Waals surface area contributed by atoms with Crippen molar-refractivity contribution in [1.29, 1.82) is 0 Å². The number of aromatic nitrogens is 2. The fourth-order valence-corrected chi connectivity index (χ4v) is 2.65. The van der Waals surface area contributed by atoms with Crippen LogP contribution in [0, 0.1) is 0 Å². The second kappa shape index (κ2) is 12.2. The number of anilines is 2. The minimum Gasteiger partial charge on any atom is -0.487 e. The summed E-state index contributed by atoms with van der Waals surface area (Å²) in [6, 6.07) is 6.45. The van der Waals surface area contributed by atoms with Gasteiger partial charge in [0.25, 0.3) is 0 Å². The summed E-state index contributed by atoms with van der Waals surface area (Å²) in [5.74, 6) is 1.08. The highest BCUT2D eigenvalue weighted by Gasteiger charge is 2.15. The van der Waals surface area contributed by atoms with Crippen molar-refractivity contribution in [3.05, 3.63) is 66.1 Å². The Morgan fingerprint density at radius 1 is 1.32 bits per heavy atom. The molecule has 0 unspecified atom stereocenters. The van der Waals surface area contributed by atoms with Gasteiger partial charge in [-0.25, -0.2) is 14.8 Å². The number of ether oxygens (including phenoxy) is 1. The number of hydrogen-bond donors (Lipinski definition) is 5. The van der Waals surface area contributed by atoms with Gasteiger partial charge in [-0.2, -0.15) is 0 Å². The van der Waals surface area contributed by atoms with Crippen LogP contribution in [0.5, 0.6) is 5.75 Å². The number of amides is 2. The van der Waals surface area contributed by atoms with Gasteiger partial charge in [0, 0.05) is 24.0 Å². The number of nitrogens with zero attached hydrogens (tertiary/aromatic N) is 2. The van der Waals surface area contributed by atoms with Crippen LogP contribution < -0.4 is 26.4 Å². The van der Waals surface area contributed by atoms with Crippen LogP contribution in [0.1, 0.15) is 6.92 Å². The summed E-state index contributed by atoms with van der Waals surface area (Å²) in [5, 5.41) is 17.5. The highest BCUT2D eigenvalue weighted by atomic mass is 35.5. The average Bonchev–Trinajstić information content (AvgIpc) is 2.77. The zero-order valence-corrected chi connectivity index (χ0v) is 17.8. The molecule has 0 aliphatic rings. The Hall–Kier alpha value is -3.56. The van der Waals surface area contributed by atoms with E-state index in [0.29, 0.717) is 40.9 Å². The highest BCUT2D eigenvalue weighted by molar-refractivity contribution is 6.31. The van der Waals surface area contributed by atoms with Crippen molar-refractivity contribution < 1.29 is 14.6 Å². The molecule has 6 N–H and O–H groups in total. The molecule has 0 fully saturated rings. The summed E-state index contributed by atoms with van der Waals surface area (Å²) in [6.45, 7) is 5.99. The molecular weight excluding hydrogens is 420 g/mol. The number of nitrogens with two attached hydrogens (primary N) is 1. The maximum absolute atomic E-state index is 12.1. The van der Waals surface area contributed by atoms with Crippen molar-refractivity contribution in [2.75, 3.05) is 30.4 Å². The molecule has 0 aliphatic carbocycles. The number of nitrogens with one attached hydrogen (secondary N) is 3. The molecular formula is C21H25ClN6O3. The van der Waals surface area contributed by atoms with Crippen LogP contribution in [0.25, 0.3) is 11.4 Å². The summed E-state index contributed by atoms with van der Waals surface area (Å²) >= 11 is 6.27. The van der Waals surface area contributed by atoms with Crippen LogP contribution in [0.15, 0.2) is 61.0 Å². The summed E-state index contributed by atoms with van der Waals surface area (Å²) in [6.07, 6.45) is 6.12. The molecule has 0 radical (unpaired) electrons. The van der Waals surface area contributed by atoms with Crippen molar-refractivity contribution in [3.63, 3.8) is 0 Å².